The highest BCUT2D eigenvalue weighted by Crippen LogP contribution is 2.39. The van der Waals surface area contributed by atoms with Crippen LogP contribution < -0.4 is 0 Å². The number of carbonyl (C=O) groups excluding carboxylic acids is 1. The summed E-state index contributed by atoms with van der Waals surface area (Å²) in [7, 11) is 0. The number of carboxylic acids is 1. The minimum atomic E-state index is -1.01. The highest BCUT2D eigenvalue weighted by Gasteiger charge is 2.36. The second-order valence-corrected chi connectivity index (χ2v) is 9.35. The van der Waals surface area contributed by atoms with Crippen LogP contribution in [0.25, 0.3) is 16.9 Å². The van der Waals surface area contributed by atoms with E-state index >= 15 is 0 Å². The average molecular weight is 493 g/mol. The van der Waals surface area contributed by atoms with Gasteiger partial charge in [-0.05, 0) is 37.6 Å². The van der Waals surface area contributed by atoms with E-state index in [9.17, 15) is 14.7 Å². The molecule has 3 aromatic carbocycles. The Morgan fingerprint density at radius 1 is 0.892 bits per heavy atom. The zero-order chi connectivity index (χ0) is 25.9. The van der Waals surface area contributed by atoms with Crippen LogP contribution in [0.5, 0.6) is 0 Å². The Kier molecular flexibility index (Phi) is 6.68. The van der Waals surface area contributed by atoms with Gasteiger partial charge in [-0.25, -0.2) is 9.69 Å². The van der Waals surface area contributed by atoms with Crippen LogP contribution in [0.2, 0.25) is 0 Å². The van der Waals surface area contributed by atoms with Crippen LogP contribution >= 0.6 is 0 Å². The molecule has 186 valence electrons. The van der Waals surface area contributed by atoms with E-state index in [1.807, 2.05) is 91.5 Å². The van der Waals surface area contributed by atoms with E-state index in [1.165, 1.54) is 5.01 Å². The highest BCUT2D eigenvalue weighted by molar-refractivity contribution is 6.03. The number of aryl methyl sites for hydroxylation is 2. The molecule has 1 aliphatic heterocycles. The molecular formula is C30H28N4O3. The van der Waals surface area contributed by atoms with E-state index in [0.717, 1.165) is 44.9 Å². The average Bonchev–Trinajstić information content (AvgIpc) is 3.53. The number of benzene rings is 3. The lowest BCUT2D eigenvalue weighted by atomic mass is 9.95. The second-order valence-electron chi connectivity index (χ2n) is 9.35. The quantitative estimate of drug-likeness (QED) is 0.359. The van der Waals surface area contributed by atoms with Gasteiger partial charge in [0.15, 0.2) is 0 Å². The lowest BCUT2D eigenvalue weighted by Gasteiger charge is -2.21. The van der Waals surface area contributed by atoms with Crippen LogP contribution in [0, 0.1) is 13.8 Å². The Morgan fingerprint density at radius 2 is 1.57 bits per heavy atom. The van der Waals surface area contributed by atoms with Gasteiger partial charge in [0, 0.05) is 30.2 Å². The highest BCUT2D eigenvalue weighted by atomic mass is 16.4. The summed E-state index contributed by atoms with van der Waals surface area (Å²) in [5.41, 5.74) is 7.45. The summed E-state index contributed by atoms with van der Waals surface area (Å²) in [5.74, 6) is -1.33. The molecule has 1 aromatic heterocycles. The Hall–Kier alpha value is -4.52. The second kappa shape index (κ2) is 10.2. The molecule has 7 nitrogen and oxygen atoms in total. The molecule has 0 fully saturated rings. The molecule has 1 amide bonds. The third-order valence-electron chi connectivity index (χ3n) is 6.48. The molecular weight excluding hydrogens is 464 g/mol. The molecule has 1 aliphatic rings. The number of nitrogens with zero attached hydrogens (tertiary/aromatic N) is 4. The number of aromatic nitrogens is 2. The van der Waals surface area contributed by atoms with Crippen molar-refractivity contribution in [2.75, 3.05) is 0 Å². The topological polar surface area (TPSA) is 87.8 Å². The van der Waals surface area contributed by atoms with Gasteiger partial charge in [-0.3, -0.25) is 9.59 Å². The van der Waals surface area contributed by atoms with Crippen molar-refractivity contribution in [1.29, 1.82) is 0 Å². The Bertz CT molecular complexity index is 1490. The summed E-state index contributed by atoms with van der Waals surface area (Å²) in [6, 6.07) is 25.6. The van der Waals surface area contributed by atoms with Crippen LogP contribution in [0.3, 0.4) is 0 Å². The first-order chi connectivity index (χ1) is 17.9. The number of carboxylic acid groups (broad SMARTS) is 1. The van der Waals surface area contributed by atoms with Crippen molar-refractivity contribution in [2.45, 2.75) is 39.2 Å². The molecule has 0 saturated carbocycles. The molecule has 1 N–H and O–H groups in total. The van der Waals surface area contributed by atoms with Crippen LogP contribution in [0.15, 0.2) is 90.2 Å². The maximum Gasteiger partial charge on any atom is 0.303 e. The summed E-state index contributed by atoms with van der Waals surface area (Å²) in [4.78, 5) is 24.5. The zero-order valence-corrected chi connectivity index (χ0v) is 20.8. The molecule has 37 heavy (non-hydrogen) atoms. The van der Waals surface area contributed by atoms with Gasteiger partial charge < -0.3 is 5.11 Å². The minimum Gasteiger partial charge on any atom is -0.481 e. The molecule has 0 radical (unpaired) electrons. The third kappa shape index (κ3) is 5.21. The first kappa shape index (κ1) is 24.2. The molecule has 0 spiro atoms. The van der Waals surface area contributed by atoms with E-state index in [2.05, 4.69) is 12.1 Å². The predicted molar refractivity (Wildman–Crippen MR) is 143 cm³/mol. The van der Waals surface area contributed by atoms with Gasteiger partial charge in [-0.2, -0.15) is 10.2 Å². The van der Waals surface area contributed by atoms with Crippen molar-refractivity contribution < 1.29 is 14.7 Å². The third-order valence-corrected chi connectivity index (χ3v) is 6.48. The molecule has 2 heterocycles. The molecule has 0 unspecified atom stereocenters. The van der Waals surface area contributed by atoms with Crippen LogP contribution in [-0.2, 0) is 9.59 Å². The number of aliphatic carboxylic acids is 1. The molecule has 7 heteroatoms. The number of hydrogen-bond acceptors (Lipinski definition) is 4. The van der Waals surface area contributed by atoms with Crippen molar-refractivity contribution in [3.8, 4) is 16.9 Å². The van der Waals surface area contributed by atoms with Gasteiger partial charge in [-0.15, -0.1) is 0 Å². The van der Waals surface area contributed by atoms with E-state index in [-0.39, 0.29) is 18.7 Å². The number of para-hydroxylation sites is 1. The summed E-state index contributed by atoms with van der Waals surface area (Å²) in [6.07, 6.45) is 2.10. The molecule has 0 bridgehead atoms. The summed E-state index contributed by atoms with van der Waals surface area (Å²) in [6.45, 7) is 4.06. The van der Waals surface area contributed by atoms with Crippen molar-refractivity contribution in [1.82, 2.24) is 14.8 Å². The number of amides is 1. The van der Waals surface area contributed by atoms with Crippen LogP contribution in [0.1, 0.15) is 47.6 Å². The van der Waals surface area contributed by atoms with Gasteiger partial charge >= 0.3 is 5.97 Å². The van der Waals surface area contributed by atoms with E-state index in [0.29, 0.717) is 6.42 Å². The van der Waals surface area contributed by atoms with Gasteiger partial charge in [0.1, 0.15) is 0 Å². The van der Waals surface area contributed by atoms with Crippen molar-refractivity contribution >= 4 is 17.6 Å². The van der Waals surface area contributed by atoms with E-state index in [4.69, 9.17) is 10.2 Å². The number of rotatable bonds is 7. The maximum atomic E-state index is 13.3. The molecule has 0 aliphatic carbocycles. The Morgan fingerprint density at radius 3 is 2.24 bits per heavy atom. The Balaban J connectivity index is 1.62. The summed E-state index contributed by atoms with van der Waals surface area (Å²) in [5, 5.41) is 20.3. The zero-order valence-electron chi connectivity index (χ0n) is 20.8. The van der Waals surface area contributed by atoms with E-state index < -0.39 is 12.0 Å². The lowest BCUT2D eigenvalue weighted by Crippen LogP contribution is -2.27. The predicted octanol–water partition coefficient (Wildman–Crippen LogP) is 5.70. The smallest absolute Gasteiger partial charge is 0.303 e. The van der Waals surface area contributed by atoms with Crippen LogP contribution in [0.4, 0.5) is 0 Å². The molecule has 0 saturated heterocycles. The first-order valence-corrected chi connectivity index (χ1v) is 12.3. The minimum absolute atomic E-state index is 0.122. The van der Waals surface area contributed by atoms with Crippen molar-refractivity contribution in [3.63, 3.8) is 0 Å². The molecule has 5 rings (SSSR count). The normalized spacial score (nSPS) is 15.0. The fourth-order valence-corrected chi connectivity index (χ4v) is 4.67. The van der Waals surface area contributed by atoms with Gasteiger partial charge in [0.05, 0.1) is 29.6 Å². The van der Waals surface area contributed by atoms with Gasteiger partial charge in [0.25, 0.3) is 0 Å². The van der Waals surface area contributed by atoms with E-state index in [1.54, 1.807) is 0 Å². The summed E-state index contributed by atoms with van der Waals surface area (Å²) < 4.78 is 1.83. The van der Waals surface area contributed by atoms with Crippen molar-refractivity contribution in [3.05, 3.63) is 107 Å². The standard InChI is InChI=1S/C30H28N4O3/c1-20-8-6-10-22(16-20)26-18-27(34(31-26)28(35)14-15-29(36)37)25-19-33(24-12-4-3-5-13-24)32-30(25)23-11-7-9-21(2)17-23/h3-13,16-17,19,27H,14-15,18H2,1-2H3,(H,36,37)/t27-/m0/s1. The number of hydrogen-bond donors (Lipinski definition) is 1. The SMILES string of the molecule is Cc1cccc(C2=NN(C(=O)CCC(=O)O)[C@H](c3cn(-c4ccccc4)nc3-c3cccc(C)c3)C2)c1. The molecule has 1 atom stereocenters. The van der Waals surface area contributed by atoms with Gasteiger partial charge in [-0.1, -0.05) is 71.8 Å². The number of carbonyl (C=O) groups is 2. The fraction of sp³-hybridized carbons (Fsp3) is 0.200. The summed E-state index contributed by atoms with van der Waals surface area (Å²) >= 11 is 0. The van der Waals surface area contributed by atoms with Gasteiger partial charge in [0.2, 0.25) is 5.91 Å². The first-order valence-electron chi connectivity index (χ1n) is 12.3. The monoisotopic (exact) mass is 492 g/mol. The largest absolute Gasteiger partial charge is 0.481 e. The van der Waals surface area contributed by atoms with Crippen molar-refractivity contribution in [2.24, 2.45) is 5.10 Å². The fourth-order valence-electron chi connectivity index (χ4n) is 4.67. The van der Waals surface area contributed by atoms with Crippen LogP contribution in [-0.4, -0.2) is 37.5 Å². The Labute approximate surface area is 215 Å². The molecule has 4 aromatic rings. The maximum absolute atomic E-state index is 13.3. The lowest BCUT2D eigenvalue weighted by molar-refractivity contribution is -0.141. The number of hydrazone groups is 1.